The van der Waals surface area contributed by atoms with Crippen molar-refractivity contribution < 1.29 is 14.7 Å². The highest BCUT2D eigenvalue weighted by molar-refractivity contribution is 6.33. The minimum Gasteiger partial charge on any atom is -0.481 e. The standard InChI is InChI=1S/C13H17ClN2O3/c1-8(2)5-9(13(18)19)6-16-12(17)10-3-4-15-7-11(10)14/h3-4,7-9H,5-6H2,1-2H3,(H,16,17)(H,18,19). The van der Waals surface area contributed by atoms with E-state index in [1.165, 1.54) is 18.5 Å². The van der Waals surface area contributed by atoms with Gasteiger partial charge in [0.1, 0.15) is 0 Å². The number of aromatic nitrogens is 1. The van der Waals surface area contributed by atoms with Gasteiger partial charge in [-0.3, -0.25) is 14.6 Å². The van der Waals surface area contributed by atoms with Gasteiger partial charge in [0.15, 0.2) is 0 Å². The van der Waals surface area contributed by atoms with Crippen LogP contribution in [0, 0.1) is 11.8 Å². The molecule has 0 saturated carbocycles. The molecule has 1 rings (SSSR count). The first kappa shape index (κ1) is 15.4. The number of rotatable bonds is 6. The number of aliphatic carboxylic acids is 1. The molecule has 6 heteroatoms. The Bertz CT molecular complexity index is 463. The molecule has 1 unspecified atom stereocenters. The number of halogens is 1. The van der Waals surface area contributed by atoms with E-state index in [2.05, 4.69) is 10.3 Å². The number of carboxylic acid groups (broad SMARTS) is 1. The van der Waals surface area contributed by atoms with Crippen molar-refractivity contribution in [2.75, 3.05) is 6.54 Å². The molecule has 0 aliphatic heterocycles. The van der Waals surface area contributed by atoms with Gasteiger partial charge in [-0.2, -0.15) is 0 Å². The second-order valence-electron chi connectivity index (χ2n) is 4.73. The summed E-state index contributed by atoms with van der Waals surface area (Å²) in [5, 5.41) is 11.9. The fourth-order valence-electron chi connectivity index (χ4n) is 1.71. The van der Waals surface area contributed by atoms with Crippen LogP contribution in [0.4, 0.5) is 0 Å². The van der Waals surface area contributed by atoms with Crippen LogP contribution in [0.2, 0.25) is 5.02 Å². The molecular weight excluding hydrogens is 268 g/mol. The SMILES string of the molecule is CC(C)CC(CNC(=O)c1ccncc1Cl)C(=O)O. The molecule has 1 heterocycles. The van der Waals surface area contributed by atoms with E-state index in [4.69, 9.17) is 16.7 Å². The van der Waals surface area contributed by atoms with Gasteiger partial charge in [-0.25, -0.2) is 0 Å². The zero-order chi connectivity index (χ0) is 14.4. The zero-order valence-corrected chi connectivity index (χ0v) is 11.6. The monoisotopic (exact) mass is 284 g/mol. The Morgan fingerprint density at radius 3 is 2.68 bits per heavy atom. The van der Waals surface area contributed by atoms with E-state index in [1.54, 1.807) is 0 Å². The fourth-order valence-corrected chi connectivity index (χ4v) is 1.92. The van der Waals surface area contributed by atoms with Crippen LogP contribution in [-0.2, 0) is 4.79 Å². The van der Waals surface area contributed by atoms with Crippen molar-refractivity contribution in [3.05, 3.63) is 29.0 Å². The lowest BCUT2D eigenvalue weighted by atomic mass is 9.97. The van der Waals surface area contributed by atoms with Crippen molar-refractivity contribution >= 4 is 23.5 Å². The average molecular weight is 285 g/mol. The first-order valence-corrected chi connectivity index (χ1v) is 6.40. The highest BCUT2D eigenvalue weighted by Crippen LogP contribution is 2.14. The van der Waals surface area contributed by atoms with Crippen molar-refractivity contribution in [1.82, 2.24) is 10.3 Å². The molecule has 0 bridgehead atoms. The predicted octanol–water partition coefficient (Wildman–Crippen LogP) is 2.21. The first-order chi connectivity index (χ1) is 8.91. The van der Waals surface area contributed by atoms with E-state index in [0.717, 1.165) is 0 Å². The van der Waals surface area contributed by atoms with E-state index in [0.29, 0.717) is 12.0 Å². The summed E-state index contributed by atoms with van der Waals surface area (Å²) in [6.07, 6.45) is 3.35. The topological polar surface area (TPSA) is 79.3 Å². The summed E-state index contributed by atoms with van der Waals surface area (Å²) in [5.41, 5.74) is 0.297. The van der Waals surface area contributed by atoms with Crippen LogP contribution in [0.25, 0.3) is 0 Å². The van der Waals surface area contributed by atoms with Crippen molar-refractivity contribution in [1.29, 1.82) is 0 Å². The third-order valence-electron chi connectivity index (χ3n) is 2.63. The Hall–Kier alpha value is -1.62. The molecule has 104 valence electrons. The van der Waals surface area contributed by atoms with Crippen LogP contribution < -0.4 is 5.32 Å². The van der Waals surface area contributed by atoms with Gasteiger partial charge < -0.3 is 10.4 Å². The lowest BCUT2D eigenvalue weighted by Gasteiger charge is -2.15. The molecule has 1 amide bonds. The molecule has 0 saturated heterocycles. The Labute approximate surface area is 117 Å². The summed E-state index contributed by atoms with van der Waals surface area (Å²) in [7, 11) is 0. The normalized spacial score (nSPS) is 12.2. The molecule has 5 nitrogen and oxygen atoms in total. The molecule has 0 aromatic carbocycles. The molecule has 0 spiro atoms. The summed E-state index contributed by atoms with van der Waals surface area (Å²) >= 11 is 5.84. The molecule has 1 aromatic heterocycles. The van der Waals surface area contributed by atoms with E-state index in [1.807, 2.05) is 13.8 Å². The molecule has 1 aromatic rings. The Morgan fingerprint density at radius 1 is 1.47 bits per heavy atom. The number of carbonyl (C=O) groups is 2. The molecule has 1 atom stereocenters. The van der Waals surface area contributed by atoms with Gasteiger partial charge in [-0.1, -0.05) is 25.4 Å². The number of nitrogens with zero attached hydrogens (tertiary/aromatic N) is 1. The van der Waals surface area contributed by atoms with Crippen molar-refractivity contribution in [2.24, 2.45) is 11.8 Å². The average Bonchev–Trinajstić information content (AvgIpc) is 2.34. The van der Waals surface area contributed by atoms with Gasteiger partial charge in [0.25, 0.3) is 5.91 Å². The maximum absolute atomic E-state index is 11.9. The number of nitrogens with one attached hydrogen (secondary N) is 1. The van der Waals surface area contributed by atoms with Gasteiger partial charge in [-0.15, -0.1) is 0 Å². The number of carbonyl (C=O) groups excluding carboxylic acids is 1. The molecule has 0 radical (unpaired) electrons. The number of carboxylic acids is 1. The predicted molar refractivity (Wildman–Crippen MR) is 72.2 cm³/mol. The molecule has 19 heavy (non-hydrogen) atoms. The number of hydrogen-bond donors (Lipinski definition) is 2. The quantitative estimate of drug-likeness (QED) is 0.839. The summed E-state index contributed by atoms with van der Waals surface area (Å²) in [4.78, 5) is 26.7. The van der Waals surface area contributed by atoms with Crippen LogP contribution in [-0.4, -0.2) is 28.5 Å². The third kappa shape index (κ3) is 4.87. The number of pyridine rings is 1. The van der Waals surface area contributed by atoms with Crippen molar-refractivity contribution in [3.8, 4) is 0 Å². The van der Waals surface area contributed by atoms with Crippen LogP contribution in [0.5, 0.6) is 0 Å². The van der Waals surface area contributed by atoms with E-state index in [-0.39, 0.29) is 23.4 Å². The van der Waals surface area contributed by atoms with E-state index < -0.39 is 11.9 Å². The Balaban J connectivity index is 2.62. The first-order valence-electron chi connectivity index (χ1n) is 6.02. The number of hydrogen-bond acceptors (Lipinski definition) is 3. The minimum absolute atomic E-state index is 0.0883. The highest BCUT2D eigenvalue weighted by Gasteiger charge is 2.20. The third-order valence-corrected chi connectivity index (χ3v) is 2.93. The lowest BCUT2D eigenvalue weighted by molar-refractivity contribution is -0.142. The van der Waals surface area contributed by atoms with Crippen molar-refractivity contribution in [3.63, 3.8) is 0 Å². The van der Waals surface area contributed by atoms with Crippen LogP contribution in [0.15, 0.2) is 18.5 Å². The summed E-state index contributed by atoms with van der Waals surface area (Å²) in [6, 6.07) is 1.50. The van der Waals surface area contributed by atoms with Gasteiger partial charge in [-0.05, 0) is 18.4 Å². The minimum atomic E-state index is -0.908. The molecular formula is C13H17ClN2O3. The Kier molecular flexibility index (Phi) is 5.76. The van der Waals surface area contributed by atoms with Crippen LogP contribution >= 0.6 is 11.6 Å². The lowest BCUT2D eigenvalue weighted by Crippen LogP contribution is -2.33. The largest absolute Gasteiger partial charge is 0.481 e. The molecule has 0 aliphatic rings. The highest BCUT2D eigenvalue weighted by atomic mass is 35.5. The van der Waals surface area contributed by atoms with Crippen LogP contribution in [0.1, 0.15) is 30.6 Å². The van der Waals surface area contributed by atoms with Crippen LogP contribution in [0.3, 0.4) is 0 Å². The smallest absolute Gasteiger partial charge is 0.308 e. The fraction of sp³-hybridized carbons (Fsp3) is 0.462. The van der Waals surface area contributed by atoms with Gasteiger partial charge in [0.2, 0.25) is 0 Å². The van der Waals surface area contributed by atoms with Gasteiger partial charge in [0, 0.05) is 18.9 Å². The molecule has 0 fully saturated rings. The second kappa shape index (κ2) is 7.09. The van der Waals surface area contributed by atoms with E-state index >= 15 is 0 Å². The number of amides is 1. The zero-order valence-electron chi connectivity index (χ0n) is 10.9. The van der Waals surface area contributed by atoms with E-state index in [9.17, 15) is 9.59 Å². The maximum Gasteiger partial charge on any atom is 0.308 e. The summed E-state index contributed by atoms with van der Waals surface area (Å²) < 4.78 is 0. The molecule has 0 aliphatic carbocycles. The second-order valence-corrected chi connectivity index (χ2v) is 5.14. The molecule has 2 N–H and O–H groups in total. The maximum atomic E-state index is 11.9. The van der Waals surface area contributed by atoms with Gasteiger partial charge >= 0.3 is 5.97 Å². The van der Waals surface area contributed by atoms with Gasteiger partial charge in [0.05, 0.1) is 16.5 Å². The Morgan fingerprint density at radius 2 is 2.16 bits per heavy atom. The van der Waals surface area contributed by atoms with Crippen molar-refractivity contribution in [2.45, 2.75) is 20.3 Å². The summed E-state index contributed by atoms with van der Waals surface area (Å²) in [5.74, 6) is -1.63. The summed E-state index contributed by atoms with van der Waals surface area (Å²) in [6.45, 7) is 3.97.